The Balaban J connectivity index is 1.37. The fourth-order valence-corrected chi connectivity index (χ4v) is 4.73. The zero-order valence-electron chi connectivity index (χ0n) is 23.3. The Morgan fingerprint density at radius 1 is 0.975 bits per heavy atom. The summed E-state index contributed by atoms with van der Waals surface area (Å²) < 4.78 is 0. The summed E-state index contributed by atoms with van der Waals surface area (Å²) in [6.45, 7) is 4.87. The number of piperazine rings is 1. The maximum Gasteiger partial charge on any atom is 0.248 e. The molecule has 5 rings (SSSR count). The van der Waals surface area contributed by atoms with Gasteiger partial charge >= 0.3 is 0 Å². The molecule has 2 heterocycles. The van der Waals surface area contributed by atoms with Gasteiger partial charge in [-0.2, -0.15) is 4.98 Å². The van der Waals surface area contributed by atoms with Crippen molar-refractivity contribution in [2.24, 2.45) is 0 Å². The topological polar surface area (TPSA) is 103 Å². The van der Waals surface area contributed by atoms with Gasteiger partial charge in [-0.1, -0.05) is 30.3 Å². The molecule has 1 saturated heterocycles. The van der Waals surface area contributed by atoms with Gasteiger partial charge in [0, 0.05) is 66.8 Å². The lowest BCUT2D eigenvalue weighted by molar-refractivity contribution is -0.111. The predicted molar refractivity (Wildman–Crippen MR) is 165 cm³/mol. The summed E-state index contributed by atoms with van der Waals surface area (Å²) in [6, 6.07) is 21.9. The van der Waals surface area contributed by atoms with Gasteiger partial charge in [-0.3, -0.25) is 4.79 Å². The summed E-state index contributed by atoms with van der Waals surface area (Å²) in [7, 11) is 6.07. The molecule has 206 valence electrons. The van der Waals surface area contributed by atoms with E-state index in [1.807, 2.05) is 79.7 Å². The number of nitrogens with zero attached hydrogens (tertiary/aromatic N) is 5. The van der Waals surface area contributed by atoms with Crippen molar-refractivity contribution in [3.05, 3.63) is 78.9 Å². The Morgan fingerprint density at radius 3 is 2.48 bits per heavy atom. The number of hydrogen-bond acceptors (Lipinski definition) is 8. The van der Waals surface area contributed by atoms with E-state index in [1.165, 1.54) is 5.69 Å². The van der Waals surface area contributed by atoms with Gasteiger partial charge in [0.25, 0.3) is 0 Å². The van der Waals surface area contributed by atoms with Crippen LogP contribution >= 0.6 is 0 Å². The van der Waals surface area contributed by atoms with E-state index in [0.717, 1.165) is 53.9 Å². The van der Waals surface area contributed by atoms with E-state index < -0.39 is 0 Å². The molecule has 1 aliphatic rings. The van der Waals surface area contributed by atoms with Crippen molar-refractivity contribution in [1.82, 2.24) is 19.8 Å². The highest BCUT2D eigenvalue weighted by molar-refractivity contribution is 6.02. The number of aromatic nitrogens is 2. The molecule has 0 bridgehead atoms. The Labute approximate surface area is 235 Å². The predicted octanol–water partition coefficient (Wildman–Crippen LogP) is 4.43. The van der Waals surface area contributed by atoms with Crippen LogP contribution in [0.1, 0.15) is 0 Å². The van der Waals surface area contributed by atoms with Crippen LogP contribution in [0, 0.1) is 0 Å². The van der Waals surface area contributed by atoms with E-state index in [0.29, 0.717) is 24.0 Å². The standard InChI is InChI=1S/C31H36N8O/c1-37(2)16-6-11-28(40)33-24-8-4-7-22(21-24)26-9-5-10-27-29(26)35-31(36-30(27)32)34-23-12-14-25(15-13-23)39-19-17-38(3)18-20-39/h4-15,21H,16-20H2,1-3H3,(H,33,40)(H3,32,34,35,36). The van der Waals surface area contributed by atoms with Gasteiger partial charge in [0.15, 0.2) is 0 Å². The number of hydrogen-bond donors (Lipinski definition) is 3. The molecule has 1 aromatic heterocycles. The molecule has 40 heavy (non-hydrogen) atoms. The highest BCUT2D eigenvalue weighted by Gasteiger charge is 2.15. The number of fused-ring (bicyclic) bond motifs is 1. The number of nitrogen functional groups attached to an aromatic ring is 1. The second-order valence-corrected chi connectivity index (χ2v) is 10.3. The molecule has 0 radical (unpaired) electrons. The number of carbonyl (C=O) groups excluding carboxylic acids is 1. The van der Waals surface area contributed by atoms with E-state index >= 15 is 0 Å². The van der Waals surface area contributed by atoms with Gasteiger partial charge in [-0.05, 0) is 69.2 Å². The van der Waals surface area contributed by atoms with Crippen LogP contribution in [-0.2, 0) is 4.79 Å². The summed E-state index contributed by atoms with van der Waals surface area (Å²) in [4.78, 5) is 28.5. The molecule has 0 aliphatic carbocycles. The lowest BCUT2D eigenvalue weighted by Crippen LogP contribution is -2.44. The van der Waals surface area contributed by atoms with E-state index in [9.17, 15) is 4.79 Å². The number of nitrogens with two attached hydrogens (primary N) is 1. The number of carbonyl (C=O) groups is 1. The molecule has 0 unspecified atom stereocenters. The summed E-state index contributed by atoms with van der Waals surface area (Å²) >= 11 is 0. The van der Waals surface area contributed by atoms with Gasteiger partial charge in [0.2, 0.25) is 11.9 Å². The van der Waals surface area contributed by atoms with Gasteiger partial charge in [-0.25, -0.2) is 4.98 Å². The molecule has 9 nitrogen and oxygen atoms in total. The molecule has 0 atom stereocenters. The largest absolute Gasteiger partial charge is 0.383 e. The van der Waals surface area contributed by atoms with Crippen LogP contribution in [0.25, 0.3) is 22.0 Å². The summed E-state index contributed by atoms with van der Waals surface area (Å²) in [5, 5.41) is 7.03. The van der Waals surface area contributed by atoms with Crippen LogP contribution in [0.2, 0.25) is 0 Å². The van der Waals surface area contributed by atoms with Crippen molar-refractivity contribution in [2.75, 3.05) is 75.1 Å². The highest BCUT2D eigenvalue weighted by Crippen LogP contribution is 2.32. The molecule has 9 heteroatoms. The Kier molecular flexibility index (Phi) is 8.23. The van der Waals surface area contributed by atoms with E-state index in [-0.39, 0.29) is 5.91 Å². The van der Waals surface area contributed by atoms with Crippen LogP contribution < -0.4 is 21.3 Å². The Morgan fingerprint density at radius 2 is 1.73 bits per heavy atom. The highest BCUT2D eigenvalue weighted by atomic mass is 16.1. The molecule has 1 fully saturated rings. The van der Waals surface area contributed by atoms with E-state index in [2.05, 4.69) is 44.6 Å². The first-order valence-electron chi connectivity index (χ1n) is 13.5. The summed E-state index contributed by atoms with van der Waals surface area (Å²) in [5.74, 6) is 0.660. The van der Waals surface area contributed by atoms with Crippen molar-refractivity contribution in [3.63, 3.8) is 0 Å². The number of para-hydroxylation sites is 1. The molecule has 4 N–H and O–H groups in total. The number of anilines is 5. The zero-order chi connectivity index (χ0) is 28.1. The van der Waals surface area contributed by atoms with Crippen LogP contribution in [0.4, 0.5) is 28.8 Å². The van der Waals surface area contributed by atoms with Crippen LogP contribution in [0.15, 0.2) is 78.9 Å². The Bertz CT molecular complexity index is 1510. The fraction of sp³-hybridized carbons (Fsp3) is 0.258. The number of rotatable bonds is 8. The van der Waals surface area contributed by atoms with Crippen LogP contribution in [-0.4, -0.2) is 79.5 Å². The lowest BCUT2D eigenvalue weighted by atomic mass is 10.0. The van der Waals surface area contributed by atoms with E-state index in [4.69, 9.17) is 10.7 Å². The SMILES string of the molecule is CN(C)CC=CC(=O)Nc1cccc(-c2cccc3c(N)nc(Nc4ccc(N5CCN(C)CC5)cc4)nc23)c1. The van der Waals surface area contributed by atoms with Crippen molar-refractivity contribution < 1.29 is 4.79 Å². The smallest absolute Gasteiger partial charge is 0.248 e. The van der Waals surface area contributed by atoms with Crippen molar-refractivity contribution in [3.8, 4) is 11.1 Å². The third kappa shape index (κ3) is 6.56. The second kappa shape index (κ2) is 12.1. The molecule has 0 saturated carbocycles. The first-order valence-corrected chi connectivity index (χ1v) is 13.5. The maximum atomic E-state index is 12.4. The molecule has 3 aromatic carbocycles. The van der Waals surface area contributed by atoms with Crippen molar-refractivity contribution >= 4 is 45.6 Å². The number of likely N-dealkylation sites (N-methyl/N-ethyl adjacent to an activating group) is 2. The lowest BCUT2D eigenvalue weighted by Gasteiger charge is -2.34. The Hall–Kier alpha value is -4.47. The molecule has 0 spiro atoms. The molecule has 4 aromatic rings. The third-order valence-electron chi connectivity index (χ3n) is 6.93. The van der Waals surface area contributed by atoms with Gasteiger partial charge in [0.05, 0.1) is 5.52 Å². The number of benzene rings is 3. The van der Waals surface area contributed by atoms with Gasteiger partial charge in [-0.15, -0.1) is 0 Å². The first kappa shape index (κ1) is 27.1. The van der Waals surface area contributed by atoms with E-state index in [1.54, 1.807) is 6.08 Å². The molecule has 1 amide bonds. The van der Waals surface area contributed by atoms with Crippen molar-refractivity contribution in [1.29, 1.82) is 0 Å². The summed E-state index contributed by atoms with van der Waals surface area (Å²) in [6.07, 6.45) is 3.38. The van der Waals surface area contributed by atoms with Crippen LogP contribution in [0.5, 0.6) is 0 Å². The molecule has 1 aliphatic heterocycles. The van der Waals surface area contributed by atoms with Gasteiger partial charge < -0.3 is 31.1 Å². The van der Waals surface area contributed by atoms with Crippen LogP contribution in [0.3, 0.4) is 0 Å². The molecular weight excluding hydrogens is 500 g/mol. The zero-order valence-corrected chi connectivity index (χ0v) is 23.3. The number of amides is 1. The van der Waals surface area contributed by atoms with Crippen molar-refractivity contribution in [2.45, 2.75) is 0 Å². The minimum Gasteiger partial charge on any atom is -0.383 e. The maximum absolute atomic E-state index is 12.4. The quantitative estimate of drug-likeness (QED) is 0.284. The first-order chi connectivity index (χ1) is 19.4. The number of nitrogens with one attached hydrogen (secondary N) is 2. The fourth-order valence-electron chi connectivity index (χ4n) is 4.73. The average Bonchev–Trinajstić information content (AvgIpc) is 2.94. The van der Waals surface area contributed by atoms with Gasteiger partial charge in [0.1, 0.15) is 5.82 Å². The average molecular weight is 537 g/mol. The second-order valence-electron chi connectivity index (χ2n) is 10.3. The minimum absolute atomic E-state index is 0.173. The molecular formula is C31H36N8O. The monoisotopic (exact) mass is 536 g/mol. The minimum atomic E-state index is -0.173. The normalized spacial score (nSPS) is 14.2. The third-order valence-corrected chi connectivity index (χ3v) is 6.93. The summed E-state index contributed by atoms with van der Waals surface area (Å²) in [5.41, 5.74) is 11.7.